The minimum Gasteiger partial charge on any atom is -0.445 e. The molecular weight excluding hydrogens is 670 g/mol. The highest BCUT2D eigenvalue weighted by Gasteiger charge is 2.25. The number of nitrogens with two attached hydrogens (primary N) is 1. The first kappa shape index (κ1) is 47.0. The van der Waals surface area contributed by atoms with Gasteiger partial charge >= 0.3 is 12.1 Å². The predicted molar refractivity (Wildman–Crippen MR) is 201 cm³/mol. The lowest BCUT2D eigenvalue weighted by molar-refractivity contribution is -0.137. The summed E-state index contributed by atoms with van der Waals surface area (Å²) in [7, 11) is 1.69. The number of primary amides is 1. The molecule has 1 unspecified atom stereocenters. The van der Waals surface area contributed by atoms with E-state index in [4.69, 9.17) is 10.5 Å². The zero-order chi connectivity index (χ0) is 39.9. The predicted octanol–water partition coefficient (Wildman–Crippen LogP) is 4.07. The molecule has 15 heteroatoms. The Kier molecular flexibility index (Phi) is 22.7. The highest BCUT2D eigenvalue weighted by atomic mass is 16.6. The molecule has 52 heavy (non-hydrogen) atoms. The Hall–Kier alpha value is -4.95. The van der Waals surface area contributed by atoms with Crippen molar-refractivity contribution in [3.63, 3.8) is 0 Å². The first-order chi connectivity index (χ1) is 24.4. The van der Waals surface area contributed by atoms with E-state index in [9.17, 15) is 33.6 Å². The molecule has 292 valence electrons. The van der Waals surface area contributed by atoms with E-state index in [1.54, 1.807) is 45.2 Å². The maximum absolute atomic E-state index is 12.7. The molecule has 0 aromatic heterocycles. The number of amides is 8. The number of ether oxygens (including phenoxy) is 1. The van der Waals surface area contributed by atoms with E-state index in [2.05, 4.69) is 21.3 Å². The van der Waals surface area contributed by atoms with Gasteiger partial charge in [0, 0.05) is 50.9 Å². The second kappa shape index (κ2) is 25.1. The highest BCUT2D eigenvalue weighted by Crippen LogP contribution is 2.16. The molecular formula is C37H61N7O8. The van der Waals surface area contributed by atoms with Crippen molar-refractivity contribution in [3.05, 3.63) is 42.0 Å². The van der Waals surface area contributed by atoms with E-state index in [-0.39, 0.29) is 48.6 Å². The standard InChI is InChI=1S/C31H45N5O7.C4H10N2O.C2H6/c1-21(2)28(34-24(37)10-8-7-9-17-36-26(39)15-16-27(36)40)29(41)32-18-25(38)33-23-13-11-22(12-14-23)19-43-30(42)35(6)20-31(3,4)5;1-2-3-6-4(5)7;1-2/h11-16,21,28H,7-10,17-20H2,1-6H3,(H,32,41)(H,33,38)(H,34,37);2-3H2,1H3,(H3,5,6,7);1-2H3. The molecule has 0 radical (unpaired) electrons. The Morgan fingerprint density at radius 3 is 2.00 bits per heavy atom. The third kappa shape index (κ3) is 20.7. The summed E-state index contributed by atoms with van der Waals surface area (Å²) in [5.41, 5.74) is 5.96. The van der Waals surface area contributed by atoms with E-state index in [0.29, 0.717) is 44.6 Å². The first-order valence-electron chi connectivity index (χ1n) is 17.8. The van der Waals surface area contributed by atoms with Crippen molar-refractivity contribution in [2.45, 2.75) is 100 Å². The zero-order valence-electron chi connectivity index (χ0n) is 32.4. The molecule has 15 nitrogen and oxygen atoms in total. The highest BCUT2D eigenvalue weighted by molar-refractivity contribution is 6.12. The molecule has 0 bridgehead atoms. The summed E-state index contributed by atoms with van der Waals surface area (Å²) >= 11 is 0. The summed E-state index contributed by atoms with van der Waals surface area (Å²) in [5.74, 6) is -2.05. The lowest BCUT2D eigenvalue weighted by Crippen LogP contribution is -2.51. The van der Waals surface area contributed by atoms with Gasteiger partial charge in [-0.15, -0.1) is 0 Å². The van der Waals surface area contributed by atoms with Crippen LogP contribution in [0.25, 0.3) is 0 Å². The lowest BCUT2D eigenvalue weighted by Gasteiger charge is -2.25. The van der Waals surface area contributed by atoms with Crippen molar-refractivity contribution in [2.75, 3.05) is 38.5 Å². The van der Waals surface area contributed by atoms with Gasteiger partial charge in [0.1, 0.15) is 12.6 Å². The minimum atomic E-state index is -0.810. The number of carbonyl (C=O) groups is 7. The van der Waals surface area contributed by atoms with Crippen LogP contribution < -0.4 is 27.0 Å². The molecule has 0 spiro atoms. The summed E-state index contributed by atoms with van der Waals surface area (Å²) in [4.78, 5) is 85.5. The number of nitrogens with one attached hydrogen (secondary N) is 4. The van der Waals surface area contributed by atoms with Crippen LogP contribution in [0.4, 0.5) is 15.3 Å². The number of benzene rings is 1. The van der Waals surface area contributed by atoms with Crippen molar-refractivity contribution < 1.29 is 38.3 Å². The number of rotatable bonds is 17. The SMILES string of the molecule is CC.CC(C)C(NC(=O)CCCCCN1C(=O)C=CC1=O)C(=O)NCC(=O)Nc1ccc(COC(=O)N(C)CC(C)(C)C)cc1.CCCNC(N)=O. The number of nitrogens with zero attached hydrogens (tertiary/aromatic N) is 2. The fraction of sp³-hybridized carbons (Fsp3) is 0.595. The quantitative estimate of drug-likeness (QED) is 0.116. The third-order valence-electron chi connectivity index (χ3n) is 7.05. The number of unbranched alkanes of at least 4 members (excludes halogenated alkanes) is 2. The van der Waals surface area contributed by atoms with Crippen molar-refractivity contribution in [1.82, 2.24) is 25.8 Å². The van der Waals surface area contributed by atoms with Crippen LogP contribution in [0.15, 0.2) is 36.4 Å². The van der Waals surface area contributed by atoms with Gasteiger partial charge in [-0.2, -0.15) is 0 Å². The Balaban J connectivity index is 0.00000257. The molecule has 6 N–H and O–H groups in total. The van der Waals surface area contributed by atoms with Gasteiger partial charge in [-0.1, -0.05) is 73.9 Å². The van der Waals surface area contributed by atoms with E-state index in [1.165, 1.54) is 22.0 Å². The maximum Gasteiger partial charge on any atom is 0.409 e. The number of hydrogen-bond donors (Lipinski definition) is 5. The van der Waals surface area contributed by atoms with Gasteiger partial charge in [0.2, 0.25) is 17.7 Å². The Bertz CT molecular complexity index is 1320. The van der Waals surface area contributed by atoms with Crippen molar-refractivity contribution in [1.29, 1.82) is 0 Å². The number of hydrogen-bond acceptors (Lipinski definition) is 8. The molecule has 2 rings (SSSR count). The Morgan fingerprint density at radius 2 is 1.50 bits per heavy atom. The molecule has 0 saturated heterocycles. The number of imide groups is 1. The van der Waals surface area contributed by atoms with E-state index >= 15 is 0 Å². The zero-order valence-corrected chi connectivity index (χ0v) is 32.4. The fourth-order valence-electron chi connectivity index (χ4n) is 4.61. The van der Waals surface area contributed by atoms with Crippen LogP contribution in [0.5, 0.6) is 0 Å². The molecule has 1 aliphatic heterocycles. The van der Waals surface area contributed by atoms with E-state index in [0.717, 1.165) is 12.0 Å². The van der Waals surface area contributed by atoms with Crippen LogP contribution >= 0.6 is 0 Å². The smallest absolute Gasteiger partial charge is 0.409 e. The average Bonchev–Trinajstić information content (AvgIpc) is 3.40. The van der Waals surface area contributed by atoms with Crippen molar-refractivity contribution in [2.24, 2.45) is 17.1 Å². The number of carbonyl (C=O) groups excluding carboxylic acids is 7. The van der Waals surface area contributed by atoms with Crippen molar-refractivity contribution >= 4 is 47.3 Å². The van der Waals surface area contributed by atoms with Gasteiger partial charge in [-0.3, -0.25) is 28.9 Å². The van der Waals surface area contributed by atoms with Crippen LogP contribution in [-0.4, -0.2) is 90.7 Å². The Labute approximate surface area is 308 Å². The molecule has 1 heterocycles. The second-order valence-electron chi connectivity index (χ2n) is 13.5. The van der Waals surface area contributed by atoms with E-state index in [1.807, 2.05) is 41.5 Å². The summed E-state index contributed by atoms with van der Waals surface area (Å²) in [6.45, 7) is 17.0. The summed E-state index contributed by atoms with van der Waals surface area (Å²) < 4.78 is 5.35. The topological polar surface area (TPSA) is 209 Å². The summed E-state index contributed by atoms with van der Waals surface area (Å²) in [6, 6.07) is 5.57. The van der Waals surface area contributed by atoms with Gasteiger partial charge in [-0.25, -0.2) is 9.59 Å². The summed E-state index contributed by atoms with van der Waals surface area (Å²) in [6.07, 6.45) is 4.96. The fourth-order valence-corrected chi connectivity index (χ4v) is 4.61. The van der Waals surface area contributed by atoms with Gasteiger partial charge in [0.15, 0.2) is 0 Å². The number of urea groups is 1. The average molecular weight is 732 g/mol. The largest absolute Gasteiger partial charge is 0.445 e. The third-order valence-corrected chi connectivity index (χ3v) is 7.05. The van der Waals surface area contributed by atoms with Gasteiger partial charge in [-0.05, 0) is 48.3 Å². The number of anilines is 1. The van der Waals surface area contributed by atoms with Gasteiger partial charge in [0.25, 0.3) is 11.8 Å². The minimum absolute atomic E-state index is 0.0438. The Morgan fingerprint density at radius 1 is 0.904 bits per heavy atom. The molecule has 0 fully saturated rings. The lowest BCUT2D eigenvalue weighted by atomic mass is 9.96. The first-order valence-corrected chi connectivity index (χ1v) is 17.8. The molecule has 0 aliphatic carbocycles. The van der Waals surface area contributed by atoms with Crippen LogP contribution in [0, 0.1) is 11.3 Å². The second-order valence-corrected chi connectivity index (χ2v) is 13.5. The van der Waals surface area contributed by atoms with Gasteiger partial charge < -0.3 is 36.6 Å². The van der Waals surface area contributed by atoms with Crippen LogP contribution in [0.3, 0.4) is 0 Å². The van der Waals surface area contributed by atoms with Crippen LogP contribution in [0.2, 0.25) is 0 Å². The molecule has 8 amide bonds. The van der Waals surface area contributed by atoms with Crippen molar-refractivity contribution in [3.8, 4) is 0 Å². The normalized spacial score (nSPS) is 12.5. The summed E-state index contributed by atoms with van der Waals surface area (Å²) in [5, 5.41) is 10.4. The van der Waals surface area contributed by atoms with Crippen LogP contribution in [-0.2, 0) is 35.3 Å². The molecule has 0 saturated carbocycles. The molecule has 1 atom stereocenters. The molecule has 1 aliphatic rings. The molecule has 1 aromatic carbocycles. The van der Waals surface area contributed by atoms with E-state index < -0.39 is 30.0 Å². The van der Waals surface area contributed by atoms with Gasteiger partial charge in [0.05, 0.1) is 6.54 Å². The monoisotopic (exact) mass is 731 g/mol. The molecule has 1 aromatic rings. The maximum atomic E-state index is 12.7. The van der Waals surface area contributed by atoms with Crippen LogP contribution in [0.1, 0.15) is 93.1 Å².